The summed E-state index contributed by atoms with van der Waals surface area (Å²) in [7, 11) is 0. The van der Waals surface area contributed by atoms with Crippen LogP contribution in [0.2, 0.25) is 0 Å². The molecule has 0 radical (unpaired) electrons. The van der Waals surface area contributed by atoms with Gasteiger partial charge in [-0.2, -0.15) is 0 Å². The molecule has 19 heteroatoms. The quantitative estimate of drug-likeness (QED) is 0.116. The molecule has 3 aliphatic heterocycles. The fraction of sp³-hybridized carbons (Fsp3) is 0.528. The molecule has 2 saturated heterocycles. The Kier molecular flexibility index (Phi) is 12.3. The van der Waals surface area contributed by atoms with E-state index in [0.29, 0.717) is 0 Å². The second kappa shape index (κ2) is 16.8. The van der Waals surface area contributed by atoms with Gasteiger partial charge in [0.05, 0.1) is 36.2 Å². The lowest BCUT2D eigenvalue weighted by molar-refractivity contribution is -0.342. The molecular formula is C36H42O19. The Morgan fingerprint density at radius 3 is 2.04 bits per heavy atom. The Hall–Kier alpha value is -4.41. The van der Waals surface area contributed by atoms with Crippen LogP contribution in [0.25, 0.3) is 0 Å². The first kappa shape index (κ1) is 40.3. The number of carboxylic acids is 1. The zero-order valence-electron chi connectivity index (χ0n) is 29.1. The zero-order chi connectivity index (χ0) is 39.7. The van der Waals surface area contributed by atoms with Crippen LogP contribution in [-0.2, 0) is 33.2 Å². The molecule has 0 bridgehead atoms. The molecule has 0 aromatic heterocycles. The van der Waals surface area contributed by atoms with E-state index in [4.69, 9.17) is 33.2 Å². The highest BCUT2D eigenvalue weighted by Crippen LogP contribution is 2.48. The highest BCUT2D eigenvalue weighted by atomic mass is 16.8. The highest BCUT2D eigenvalue weighted by molar-refractivity contribution is 5.91. The molecule has 9 N–H and O–H groups in total. The van der Waals surface area contributed by atoms with Crippen LogP contribution in [0.5, 0.6) is 11.5 Å². The maximum atomic E-state index is 13.6. The number of carbonyl (C=O) groups excluding carboxylic acids is 2. The highest BCUT2D eigenvalue weighted by Gasteiger charge is 2.55. The molecule has 4 aliphatic rings. The number of aliphatic carboxylic acids is 1. The molecule has 0 spiro atoms. The van der Waals surface area contributed by atoms with Crippen LogP contribution < -0.4 is 4.74 Å². The molecule has 2 aromatic rings. The van der Waals surface area contributed by atoms with Gasteiger partial charge in [-0.25, -0.2) is 14.4 Å². The Morgan fingerprint density at radius 1 is 0.764 bits per heavy atom. The Labute approximate surface area is 312 Å². The van der Waals surface area contributed by atoms with Gasteiger partial charge in [-0.15, -0.1) is 0 Å². The summed E-state index contributed by atoms with van der Waals surface area (Å²) in [6.07, 6.45) is -17.2. The van der Waals surface area contributed by atoms with Crippen molar-refractivity contribution < 1.29 is 93.5 Å². The number of aliphatic hydroxyl groups excluding tert-OH is 7. The summed E-state index contributed by atoms with van der Waals surface area (Å²) in [6.45, 7) is 0.232. The monoisotopic (exact) mass is 778 g/mol. The van der Waals surface area contributed by atoms with Crippen molar-refractivity contribution in [1.82, 2.24) is 0 Å². The van der Waals surface area contributed by atoms with E-state index in [0.717, 1.165) is 12.3 Å². The molecule has 3 heterocycles. The number of hydrogen-bond donors (Lipinski definition) is 9. The molecule has 0 amide bonds. The van der Waals surface area contributed by atoms with E-state index in [1.165, 1.54) is 42.5 Å². The minimum Gasteiger partial charge on any atom is -0.508 e. The smallest absolute Gasteiger partial charge is 0.338 e. The standard InChI is InChI=1S/C36H42O19/c1-14-21(10-19-20(31(45)46)13-49-34(24(14)19)55-35-29(44)27(42)25(40)22(11-37)52-35)51-32(47)16-5-3-7-18(9-16)50-36-30(28(43)26(41)23(12-38)53-36)54-33(48)15-4-2-6-17(39)8-15/h2-9,13-14,19,21-30,34-44H,10-12H2,1H3,(H,45,46)/t14-,19+,21+,22+,23+,24+,25+,26+,27-,28-,29+,30+,34-,35-,36+/m0/s1. The van der Waals surface area contributed by atoms with Gasteiger partial charge in [0, 0.05) is 17.8 Å². The molecular weight excluding hydrogens is 736 g/mol. The van der Waals surface area contributed by atoms with Crippen LogP contribution in [0.1, 0.15) is 34.1 Å². The van der Waals surface area contributed by atoms with Gasteiger partial charge in [0.25, 0.3) is 0 Å². The third kappa shape index (κ3) is 8.26. The van der Waals surface area contributed by atoms with Crippen LogP contribution in [0.15, 0.2) is 60.4 Å². The molecule has 6 rings (SSSR count). The molecule has 2 aromatic carbocycles. The number of esters is 2. The second-order valence-electron chi connectivity index (χ2n) is 13.7. The van der Waals surface area contributed by atoms with Crippen molar-refractivity contribution in [2.75, 3.05) is 13.2 Å². The van der Waals surface area contributed by atoms with E-state index < -0.39 is 123 Å². The van der Waals surface area contributed by atoms with Gasteiger partial charge in [0.2, 0.25) is 12.6 Å². The number of carbonyl (C=O) groups is 3. The molecule has 15 atom stereocenters. The lowest BCUT2D eigenvalue weighted by Gasteiger charge is -2.43. The molecule has 1 saturated carbocycles. The lowest BCUT2D eigenvalue weighted by Crippen LogP contribution is -2.61. The predicted molar refractivity (Wildman–Crippen MR) is 178 cm³/mol. The number of ether oxygens (including phenoxy) is 7. The number of rotatable bonds is 11. The van der Waals surface area contributed by atoms with Crippen molar-refractivity contribution in [2.45, 2.75) is 87.2 Å². The number of carboxylic acid groups (broad SMARTS) is 1. The summed E-state index contributed by atoms with van der Waals surface area (Å²) in [6, 6.07) is 10.7. The van der Waals surface area contributed by atoms with Gasteiger partial charge >= 0.3 is 17.9 Å². The van der Waals surface area contributed by atoms with Crippen molar-refractivity contribution in [3.63, 3.8) is 0 Å². The van der Waals surface area contributed by atoms with Crippen LogP contribution in [0.3, 0.4) is 0 Å². The van der Waals surface area contributed by atoms with Crippen molar-refractivity contribution in [1.29, 1.82) is 0 Å². The lowest BCUT2D eigenvalue weighted by atomic mass is 9.83. The van der Waals surface area contributed by atoms with E-state index in [-0.39, 0.29) is 34.6 Å². The predicted octanol–water partition coefficient (Wildman–Crippen LogP) is -1.63. The Balaban J connectivity index is 1.16. The third-order valence-corrected chi connectivity index (χ3v) is 10.3. The maximum absolute atomic E-state index is 13.6. The fourth-order valence-corrected chi connectivity index (χ4v) is 7.26. The Morgan fingerprint density at radius 2 is 1.38 bits per heavy atom. The summed E-state index contributed by atoms with van der Waals surface area (Å²) in [5.41, 5.74) is -0.248. The van der Waals surface area contributed by atoms with Gasteiger partial charge in [0.1, 0.15) is 60.3 Å². The minimum atomic E-state index is -1.79. The summed E-state index contributed by atoms with van der Waals surface area (Å²) in [5.74, 6) is -5.58. The average molecular weight is 779 g/mol. The summed E-state index contributed by atoms with van der Waals surface area (Å²) >= 11 is 0. The molecule has 55 heavy (non-hydrogen) atoms. The Bertz CT molecular complexity index is 1730. The van der Waals surface area contributed by atoms with E-state index in [1.807, 2.05) is 0 Å². The fourth-order valence-electron chi connectivity index (χ4n) is 7.26. The van der Waals surface area contributed by atoms with Gasteiger partial charge in [-0.3, -0.25) is 0 Å². The second-order valence-corrected chi connectivity index (χ2v) is 13.7. The number of phenols is 1. The van der Waals surface area contributed by atoms with Crippen LogP contribution in [-0.4, -0.2) is 151 Å². The van der Waals surface area contributed by atoms with Gasteiger partial charge in [-0.1, -0.05) is 19.1 Å². The van der Waals surface area contributed by atoms with E-state index in [1.54, 1.807) is 6.92 Å². The van der Waals surface area contributed by atoms with E-state index in [9.17, 15) is 60.3 Å². The number of fused-ring (bicyclic) bond motifs is 1. The minimum absolute atomic E-state index is 0.0225. The van der Waals surface area contributed by atoms with Crippen molar-refractivity contribution >= 4 is 17.9 Å². The van der Waals surface area contributed by atoms with E-state index >= 15 is 0 Å². The van der Waals surface area contributed by atoms with Crippen LogP contribution >= 0.6 is 0 Å². The largest absolute Gasteiger partial charge is 0.508 e. The van der Waals surface area contributed by atoms with E-state index in [2.05, 4.69) is 0 Å². The molecule has 19 nitrogen and oxygen atoms in total. The number of benzene rings is 2. The number of aliphatic hydroxyl groups is 7. The number of phenolic OH excluding ortho intramolecular Hbond substituents is 1. The third-order valence-electron chi connectivity index (χ3n) is 10.3. The first-order valence-corrected chi connectivity index (χ1v) is 17.4. The summed E-state index contributed by atoms with van der Waals surface area (Å²) in [4.78, 5) is 38.6. The summed E-state index contributed by atoms with van der Waals surface area (Å²) < 4.78 is 39.7. The first-order chi connectivity index (χ1) is 26.2. The van der Waals surface area contributed by atoms with Crippen molar-refractivity contribution in [3.8, 4) is 11.5 Å². The van der Waals surface area contributed by atoms with Gasteiger partial charge < -0.3 is 79.1 Å². The molecule has 3 fully saturated rings. The average Bonchev–Trinajstić information content (AvgIpc) is 3.49. The molecule has 300 valence electrons. The molecule has 1 aliphatic carbocycles. The first-order valence-electron chi connectivity index (χ1n) is 17.4. The van der Waals surface area contributed by atoms with Crippen LogP contribution in [0.4, 0.5) is 0 Å². The topological polar surface area (TPSA) is 298 Å². The summed E-state index contributed by atoms with van der Waals surface area (Å²) in [5, 5.41) is 91.2. The van der Waals surface area contributed by atoms with Crippen molar-refractivity contribution in [3.05, 3.63) is 71.5 Å². The maximum Gasteiger partial charge on any atom is 0.338 e. The molecule has 0 unspecified atom stereocenters. The zero-order valence-corrected chi connectivity index (χ0v) is 29.1. The normalized spacial score (nSPS) is 37.2. The SMILES string of the molecule is C[C@@H]1[C@H]2[C@H](O[C@@H]3O[C@H](CO)[C@@H](O)[C@H](O)[C@H]3O)OC=C(C(=O)O)[C@H]2C[C@H]1OC(=O)c1cccc(O[C@@H]2O[C@H](CO)[C@@H](O)[C@H](O)[C@H]2OC(=O)c2cccc(O)c2)c1. The number of aromatic hydroxyl groups is 1. The van der Waals surface area contributed by atoms with Gasteiger partial charge in [-0.05, 0) is 42.8 Å². The van der Waals surface area contributed by atoms with Crippen LogP contribution in [0, 0.1) is 17.8 Å². The number of hydrogen-bond acceptors (Lipinski definition) is 18. The van der Waals surface area contributed by atoms with Crippen molar-refractivity contribution in [2.24, 2.45) is 17.8 Å². The van der Waals surface area contributed by atoms with Gasteiger partial charge in [0.15, 0.2) is 12.4 Å².